The summed E-state index contributed by atoms with van der Waals surface area (Å²) in [5.74, 6) is 0.573. The Balaban J connectivity index is 2.11. The van der Waals surface area contributed by atoms with Crippen molar-refractivity contribution in [2.45, 2.75) is 77.8 Å². The molecule has 0 spiro atoms. The Hall–Kier alpha value is -0.0301. The van der Waals surface area contributed by atoms with Crippen molar-refractivity contribution in [3.8, 4) is 0 Å². The van der Waals surface area contributed by atoms with Crippen molar-refractivity contribution in [1.29, 1.82) is 0 Å². The van der Waals surface area contributed by atoms with Crippen molar-refractivity contribution in [2.24, 2.45) is 11.8 Å². The highest BCUT2D eigenvalue weighted by Gasteiger charge is 2.71. The van der Waals surface area contributed by atoms with E-state index in [4.69, 9.17) is 18.6 Å². The third kappa shape index (κ3) is 1.54. The molecule has 3 fully saturated rings. The second-order valence-electron chi connectivity index (χ2n) is 8.02. The zero-order valence-electron chi connectivity index (χ0n) is 13.9. The van der Waals surface area contributed by atoms with Gasteiger partial charge < -0.3 is 18.6 Å². The average Bonchev–Trinajstić information content (AvgIpc) is 2.71. The molecule has 112 valence electrons. The Morgan fingerprint density at radius 3 is 1.20 bits per heavy atom. The Morgan fingerprint density at radius 2 is 0.900 bits per heavy atom. The molecule has 0 aliphatic carbocycles. The van der Waals surface area contributed by atoms with E-state index in [1.165, 1.54) is 0 Å². The molecule has 0 N–H and O–H groups in total. The average molecular weight is 280 g/mol. The fourth-order valence-electron chi connectivity index (χ4n) is 4.12. The summed E-state index contributed by atoms with van der Waals surface area (Å²) in [6, 6.07) is 0. The molecule has 6 heteroatoms. The smallest absolute Gasteiger partial charge is 0.405 e. The van der Waals surface area contributed by atoms with Crippen LogP contribution in [0.3, 0.4) is 0 Å². The van der Waals surface area contributed by atoms with E-state index in [1.54, 1.807) is 0 Å². The van der Waals surface area contributed by atoms with Crippen molar-refractivity contribution >= 4 is 14.0 Å². The number of hydrogen-bond donors (Lipinski definition) is 0. The molecule has 0 aromatic carbocycles. The van der Waals surface area contributed by atoms with Gasteiger partial charge in [-0.2, -0.15) is 0 Å². The lowest BCUT2D eigenvalue weighted by molar-refractivity contribution is -0.124. The van der Waals surface area contributed by atoms with Crippen LogP contribution >= 0.6 is 0 Å². The second-order valence-corrected chi connectivity index (χ2v) is 8.02. The van der Waals surface area contributed by atoms with Crippen molar-refractivity contribution in [3.05, 3.63) is 0 Å². The first-order chi connectivity index (χ1) is 8.95. The number of hydrogen-bond acceptors (Lipinski definition) is 4. The molecule has 4 atom stereocenters. The Kier molecular flexibility index (Phi) is 2.85. The highest BCUT2D eigenvalue weighted by Crippen LogP contribution is 2.55. The van der Waals surface area contributed by atoms with Crippen LogP contribution in [0, 0.1) is 11.8 Å². The van der Waals surface area contributed by atoms with Gasteiger partial charge in [-0.25, -0.2) is 0 Å². The Labute approximate surface area is 123 Å². The van der Waals surface area contributed by atoms with Crippen LogP contribution < -0.4 is 0 Å². The van der Waals surface area contributed by atoms with Gasteiger partial charge >= 0.3 is 14.0 Å². The molecule has 0 saturated carbocycles. The maximum Gasteiger partial charge on any atom is 0.489 e. The highest BCUT2D eigenvalue weighted by molar-refractivity contribution is 7.11. The minimum atomic E-state index is -0.453. The fourth-order valence-corrected chi connectivity index (χ4v) is 4.12. The molecule has 4 bridgehead atoms. The van der Waals surface area contributed by atoms with Gasteiger partial charge in [-0.15, -0.1) is 0 Å². The predicted molar refractivity (Wildman–Crippen MR) is 79.1 cm³/mol. The SMILES string of the molecule is CC1C(C)C2(C)OB(OC2(C)C)B2OC(C)(C)C1(C)O2. The molecule has 0 aromatic rings. The first-order valence-electron chi connectivity index (χ1n) is 7.66. The molecule has 0 amide bonds. The first kappa shape index (κ1) is 14.9. The van der Waals surface area contributed by atoms with E-state index in [1.807, 2.05) is 0 Å². The van der Waals surface area contributed by atoms with Crippen LogP contribution in [0.25, 0.3) is 0 Å². The van der Waals surface area contributed by atoms with Gasteiger partial charge in [-0.05, 0) is 53.4 Å². The van der Waals surface area contributed by atoms with E-state index in [0.717, 1.165) is 0 Å². The van der Waals surface area contributed by atoms with Gasteiger partial charge in [-0.1, -0.05) is 13.8 Å². The van der Waals surface area contributed by atoms with Crippen LogP contribution in [0.5, 0.6) is 0 Å². The second kappa shape index (κ2) is 3.83. The van der Waals surface area contributed by atoms with E-state index in [0.29, 0.717) is 0 Å². The van der Waals surface area contributed by atoms with Crippen molar-refractivity contribution < 1.29 is 18.6 Å². The van der Waals surface area contributed by atoms with Crippen molar-refractivity contribution in [2.75, 3.05) is 0 Å². The van der Waals surface area contributed by atoms with Crippen LogP contribution in [-0.2, 0) is 18.6 Å². The molecule has 4 nitrogen and oxygen atoms in total. The maximum absolute atomic E-state index is 6.28. The monoisotopic (exact) mass is 280 g/mol. The minimum Gasteiger partial charge on any atom is -0.405 e. The van der Waals surface area contributed by atoms with Crippen LogP contribution in [0.2, 0.25) is 0 Å². The lowest BCUT2D eigenvalue weighted by Crippen LogP contribution is -2.59. The third-order valence-electron chi connectivity index (χ3n) is 6.64. The Bertz CT molecular complexity index is 401. The van der Waals surface area contributed by atoms with Gasteiger partial charge in [0.05, 0.1) is 22.4 Å². The largest absolute Gasteiger partial charge is 0.489 e. The van der Waals surface area contributed by atoms with Crippen LogP contribution in [0.15, 0.2) is 0 Å². The molecular weight excluding hydrogens is 254 g/mol. The zero-order valence-corrected chi connectivity index (χ0v) is 13.9. The predicted octanol–water partition coefficient (Wildman–Crippen LogP) is 2.50. The van der Waals surface area contributed by atoms with E-state index in [2.05, 4.69) is 55.4 Å². The van der Waals surface area contributed by atoms with Crippen molar-refractivity contribution in [1.82, 2.24) is 0 Å². The van der Waals surface area contributed by atoms with Gasteiger partial charge in [0.25, 0.3) is 0 Å². The zero-order chi connectivity index (χ0) is 15.1. The maximum atomic E-state index is 6.28. The molecule has 3 aliphatic rings. The highest BCUT2D eigenvalue weighted by atomic mass is 16.7. The van der Waals surface area contributed by atoms with E-state index in [-0.39, 0.29) is 34.2 Å². The molecule has 0 aromatic heterocycles. The fraction of sp³-hybridized carbons (Fsp3) is 1.00. The Morgan fingerprint density at radius 1 is 0.600 bits per heavy atom. The van der Waals surface area contributed by atoms with Crippen LogP contribution in [-0.4, -0.2) is 36.4 Å². The van der Waals surface area contributed by atoms with Crippen molar-refractivity contribution in [3.63, 3.8) is 0 Å². The quantitative estimate of drug-likeness (QED) is 0.639. The summed E-state index contributed by atoms with van der Waals surface area (Å²) >= 11 is 0. The summed E-state index contributed by atoms with van der Waals surface area (Å²) in [5, 5.41) is 0. The summed E-state index contributed by atoms with van der Waals surface area (Å²) in [7, 11) is -0.905. The molecule has 0 radical (unpaired) electrons. The van der Waals surface area contributed by atoms with Gasteiger partial charge in [0.1, 0.15) is 0 Å². The van der Waals surface area contributed by atoms with Gasteiger partial charge in [0, 0.05) is 0 Å². The molecular formula is C14H26B2O4. The number of fused-ring (bicyclic) bond motifs is 5. The normalized spacial score (nSPS) is 49.2. The third-order valence-corrected chi connectivity index (χ3v) is 6.64. The van der Waals surface area contributed by atoms with E-state index >= 15 is 0 Å². The molecule has 3 heterocycles. The first-order valence-corrected chi connectivity index (χ1v) is 7.66. The lowest BCUT2D eigenvalue weighted by Gasteiger charge is -2.50. The number of rotatable bonds is 0. The summed E-state index contributed by atoms with van der Waals surface area (Å²) in [4.78, 5) is 0. The van der Waals surface area contributed by atoms with Crippen LogP contribution in [0.4, 0.5) is 0 Å². The summed E-state index contributed by atoms with van der Waals surface area (Å²) in [6.45, 7) is 17.2. The van der Waals surface area contributed by atoms with Gasteiger partial charge in [0.2, 0.25) is 0 Å². The topological polar surface area (TPSA) is 36.9 Å². The van der Waals surface area contributed by atoms with E-state index < -0.39 is 14.0 Å². The standard InChI is InChI=1S/C14H26B2O4/c1-9-10(2)14(8)12(5,6)18-16(20-14)15-17-11(3,4)13(9,7)19-15/h9-10H,1-8H3. The van der Waals surface area contributed by atoms with E-state index in [9.17, 15) is 0 Å². The molecule has 3 rings (SSSR count). The molecule has 3 saturated heterocycles. The van der Waals surface area contributed by atoms with Gasteiger partial charge in [-0.3, -0.25) is 0 Å². The van der Waals surface area contributed by atoms with Gasteiger partial charge in [0.15, 0.2) is 0 Å². The summed E-state index contributed by atoms with van der Waals surface area (Å²) in [5.41, 5.74) is -1.40. The molecule has 3 aliphatic heterocycles. The lowest BCUT2D eigenvalue weighted by atomic mass is 9.48. The molecule has 20 heavy (non-hydrogen) atoms. The molecule has 4 unspecified atom stereocenters. The summed E-state index contributed by atoms with van der Waals surface area (Å²) in [6.07, 6.45) is 0. The van der Waals surface area contributed by atoms with Crippen LogP contribution in [0.1, 0.15) is 55.4 Å². The summed E-state index contributed by atoms with van der Waals surface area (Å²) < 4.78 is 24.9. The minimum absolute atomic E-state index is 0.287.